The minimum Gasteiger partial charge on any atom is -0.493 e. The van der Waals surface area contributed by atoms with Crippen LogP contribution in [0.4, 0.5) is 10.2 Å². The van der Waals surface area contributed by atoms with E-state index >= 15 is 0 Å². The van der Waals surface area contributed by atoms with Crippen molar-refractivity contribution in [3.05, 3.63) is 88.9 Å². The smallest absolute Gasteiger partial charge is 0.130 e. The van der Waals surface area contributed by atoms with E-state index in [2.05, 4.69) is 47.7 Å². The molecule has 0 amide bonds. The summed E-state index contributed by atoms with van der Waals surface area (Å²) in [6.45, 7) is 7.71. The third kappa shape index (κ3) is 5.86. The highest BCUT2D eigenvalue weighted by atomic mass is 19.1. The summed E-state index contributed by atoms with van der Waals surface area (Å²) < 4.78 is 19.2. The van der Waals surface area contributed by atoms with Crippen molar-refractivity contribution in [3.8, 4) is 5.75 Å². The van der Waals surface area contributed by atoms with E-state index in [4.69, 9.17) is 4.74 Å². The number of halogens is 1. The average molecular weight is 434 g/mol. The molecule has 1 aliphatic rings. The molecule has 1 atom stereocenters. The lowest BCUT2D eigenvalue weighted by Crippen LogP contribution is -2.12. The minimum atomic E-state index is -0.209. The minimum absolute atomic E-state index is 0.209. The van der Waals surface area contributed by atoms with Crippen LogP contribution in [-0.4, -0.2) is 24.7 Å². The fraction of sp³-hybridized carbons (Fsp3) is 0.370. The van der Waals surface area contributed by atoms with Gasteiger partial charge in [-0.15, -0.1) is 0 Å². The predicted molar refractivity (Wildman–Crippen MR) is 128 cm³/mol. The molecule has 0 radical (unpaired) electrons. The van der Waals surface area contributed by atoms with E-state index in [0.717, 1.165) is 49.7 Å². The molecule has 0 spiro atoms. The van der Waals surface area contributed by atoms with Gasteiger partial charge in [0.15, 0.2) is 0 Å². The second kappa shape index (κ2) is 10.6. The molecule has 4 rings (SSSR count). The van der Waals surface area contributed by atoms with Gasteiger partial charge in [-0.05, 0) is 71.8 Å². The van der Waals surface area contributed by atoms with Gasteiger partial charge in [-0.25, -0.2) is 9.37 Å². The van der Waals surface area contributed by atoms with Crippen LogP contribution in [0.5, 0.6) is 5.75 Å². The van der Waals surface area contributed by atoms with Gasteiger partial charge in [-0.1, -0.05) is 38.1 Å². The number of nitrogens with zero attached hydrogens (tertiary/aromatic N) is 1. The molecule has 1 saturated heterocycles. The molecule has 2 heterocycles. The number of hydrogen-bond acceptors (Lipinski definition) is 4. The van der Waals surface area contributed by atoms with Crippen LogP contribution in [0.2, 0.25) is 0 Å². The van der Waals surface area contributed by atoms with Gasteiger partial charge in [0.2, 0.25) is 0 Å². The summed E-state index contributed by atoms with van der Waals surface area (Å²) in [4.78, 5) is 4.68. The predicted octanol–water partition coefficient (Wildman–Crippen LogP) is 5.54. The first-order chi connectivity index (χ1) is 15.6. The van der Waals surface area contributed by atoms with E-state index in [1.807, 2.05) is 30.5 Å². The van der Waals surface area contributed by atoms with Crippen molar-refractivity contribution < 1.29 is 9.13 Å². The molecule has 4 nitrogen and oxygen atoms in total. The third-order valence-corrected chi connectivity index (χ3v) is 5.85. The van der Waals surface area contributed by atoms with Crippen molar-refractivity contribution in [2.24, 2.45) is 5.92 Å². The number of nitrogens with one attached hydrogen (secondary N) is 2. The van der Waals surface area contributed by atoms with Crippen molar-refractivity contribution in [1.29, 1.82) is 0 Å². The number of ether oxygens (including phenoxy) is 1. The average Bonchev–Trinajstić information content (AvgIpc) is 3.34. The molecule has 0 bridgehead atoms. The molecule has 1 aromatic heterocycles. The second-order valence-electron chi connectivity index (χ2n) is 8.92. The Labute approximate surface area is 190 Å². The lowest BCUT2D eigenvalue weighted by Gasteiger charge is -2.19. The second-order valence-corrected chi connectivity index (χ2v) is 8.92. The maximum Gasteiger partial charge on any atom is 0.130 e. The lowest BCUT2D eigenvalue weighted by molar-refractivity contribution is 0.271. The largest absolute Gasteiger partial charge is 0.493 e. The summed E-state index contributed by atoms with van der Waals surface area (Å²) in [5.74, 6) is 2.57. The molecule has 5 heteroatoms. The molecule has 1 aliphatic heterocycles. The van der Waals surface area contributed by atoms with Gasteiger partial charge in [-0.2, -0.15) is 0 Å². The fourth-order valence-electron chi connectivity index (χ4n) is 4.11. The highest BCUT2D eigenvalue weighted by Gasteiger charge is 2.22. The summed E-state index contributed by atoms with van der Waals surface area (Å²) >= 11 is 0. The molecular formula is C27H32FN3O. The summed E-state index contributed by atoms with van der Waals surface area (Å²) in [7, 11) is 0. The Morgan fingerprint density at radius 3 is 2.50 bits per heavy atom. The van der Waals surface area contributed by atoms with Crippen LogP contribution in [0.15, 0.2) is 60.8 Å². The Balaban J connectivity index is 1.52. The summed E-state index contributed by atoms with van der Waals surface area (Å²) in [6, 6.07) is 17.1. The molecular weight excluding hydrogens is 401 g/mol. The first-order valence-electron chi connectivity index (χ1n) is 11.5. The zero-order valence-electron chi connectivity index (χ0n) is 18.9. The molecule has 168 valence electrons. The van der Waals surface area contributed by atoms with E-state index in [1.165, 1.54) is 28.8 Å². The molecule has 2 N–H and O–H groups in total. The molecule has 2 aromatic carbocycles. The maximum atomic E-state index is 13.4. The number of pyridine rings is 1. The van der Waals surface area contributed by atoms with E-state index in [1.54, 1.807) is 0 Å². The lowest BCUT2D eigenvalue weighted by atomic mass is 9.91. The van der Waals surface area contributed by atoms with Crippen LogP contribution in [0, 0.1) is 11.7 Å². The van der Waals surface area contributed by atoms with Crippen LogP contribution in [0.3, 0.4) is 0 Å². The summed E-state index contributed by atoms with van der Waals surface area (Å²) in [6.07, 6.45) is 3.75. The van der Waals surface area contributed by atoms with Crippen LogP contribution >= 0.6 is 0 Å². The zero-order valence-corrected chi connectivity index (χ0v) is 18.9. The van der Waals surface area contributed by atoms with E-state index < -0.39 is 0 Å². The third-order valence-electron chi connectivity index (χ3n) is 5.85. The Bertz CT molecular complexity index is 996. The molecule has 32 heavy (non-hydrogen) atoms. The first kappa shape index (κ1) is 22.3. The summed E-state index contributed by atoms with van der Waals surface area (Å²) in [5, 5.41) is 7.02. The standard InChI is InChI=1S/C27H32FN3O/c1-19(2)18-32-24-9-5-21(6-10-24)16-31-27-26(15-20-3-7-23(28)8-4-20)25(12-14-30-27)22-11-13-29-17-22/h3-10,12,14,19,22,29H,11,13,15-18H2,1-2H3,(H,30,31). The molecule has 1 fully saturated rings. The highest BCUT2D eigenvalue weighted by Crippen LogP contribution is 2.31. The van der Waals surface area contributed by atoms with Crippen LogP contribution < -0.4 is 15.4 Å². The highest BCUT2D eigenvalue weighted by molar-refractivity contribution is 5.52. The van der Waals surface area contributed by atoms with Gasteiger partial charge in [0.05, 0.1) is 6.61 Å². The number of hydrogen-bond donors (Lipinski definition) is 2. The molecule has 1 unspecified atom stereocenters. The van der Waals surface area contributed by atoms with Crippen LogP contribution in [0.1, 0.15) is 48.4 Å². The van der Waals surface area contributed by atoms with E-state index in [9.17, 15) is 4.39 Å². The number of rotatable bonds is 9. The van der Waals surface area contributed by atoms with Crippen molar-refractivity contribution >= 4 is 5.82 Å². The monoisotopic (exact) mass is 433 g/mol. The Kier molecular flexibility index (Phi) is 7.38. The van der Waals surface area contributed by atoms with Gasteiger partial charge in [0.1, 0.15) is 17.4 Å². The summed E-state index contributed by atoms with van der Waals surface area (Å²) in [5.41, 5.74) is 4.78. The van der Waals surface area contributed by atoms with Crippen LogP contribution in [-0.2, 0) is 13.0 Å². The zero-order chi connectivity index (χ0) is 22.3. The Morgan fingerprint density at radius 2 is 1.81 bits per heavy atom. The number of anilines is 1. The molecule has 0 aliphatic carbocycles. The van der Waals surface area contributed by atoms with Crippen molar-refractivity contribution in [1.82, 2.24) is 10.3 Å². The van der Waals surface area contributed by atoms with Crippen LogP contribution in [0.25, 0.3) is 0 Å². The molecule has 3 aromatic rings. The van der Waals surface area contributed by atoms with Crippen molar-refractivity contribution in [3.63, 3.8) is 0 Å². The SMILES string of the molecule is CC(C)COc1ccc(CNc2nccc(C3CCNC3)c2Cc2ccc(F)cc2)cc1. The van der Waals surface area contributed by atoms with Gasteiger partial charge < -0.3 is 15.4 Å². The maximum absolute atomic E-state index is 13.4. The number of benzene rings is 2. The fourth-order valence-corrected chi connectivity index (χ4v) is 4.11. The topological polar surface area (TPSA) is 46.2 Å². The number of aromatic nitrogens is 1. The van der Waals surface area contributed by atoms with Crippen molar-refractivity contribution in [2.75, 3.05) is 25.0 Å². The van der Waals surface area contributed by atoms with Gasteiger partial charge in [0.25, 0.3) is 0 Å². The Hall–Kier alpha value is -2.92. The molecule has 0 saturated carbocycles. The quantitative estimate of drug-likeness (QED) is 0.465. The van der Waals surface area contributed by atoms with Crippen molar-refractivity contribution in [2.45, 2.75) is 39.2 Å². The van der Waals surface area contributed by atoms with E-state index in [0.29, 0.717) is 18.4 Å². The van der Waals surface area contributed by atoms with Gasteiger partial charge in [-0.3, -0.25) is 0 Å². The van der Waals surface area contributed by atoms with Gasteiger partial charge in [0, 0.05) is 31.3 Å². The normalized spacial score (nSPS) is 15.8. The first-order valence-corrected chi connectivity index (χ1v) is 11.5. The Morgan fingerprint density at radius 1 is 1.06 bits per heavy atom. The van der Waals surface area contributed by atoms with Gasteiger partial charge >= 0.3 is 0 Å². The van der Waals surface area contributed by atoms with E-state index in [-0.39, 0.29) is 5.82 Å².